The zero-order chi connectivity index (χ0) is 33.7. The summed E-state index contributed by atoms with van der Waals surface area (Å²) < 4.78 is 6.78. The van der Waals surface area contributed by atoms with Crippen LogP contribution < -0.4 is 0 Å². The van der Waals surface area contributed by atoms with Gasteiger partial charge in [0, 0.05) is 11.5 Å². The molecule has 2 aliphatic carbocycles. The Hall–Kier alpha value is -3.56. The monoisotopic (exact) mass is 614 g/mol. The van der Waals surface area contributed by atoms with Crippen molar-refractivity contribution in [1.29, 1.82) is 0 Å². The van der Waals surface area contributed by atoms with Crippen molar-refractivity contribution in [2.45, 2.75) is 106 Å². The zero-order valence-corrected chi connectivity index (χ0v) is 28.4. The van der Waals surface area contributed by atoms with Crippen LogP contribution >= 0.6 is 0 Å². The Kier molecular flexibility index (Phi) is 9.14. The first-order valence-electron chi connectivity index (χ1n) is 16.0. The van der Waals surface area contributed by atoms with Crippen molar-refractivity contribution >= 4 is 11.6 Å². The van der Waals surface area contributed by atoms with E-state index in [2.05, 4.69) is 45.8 Å². The lowest BCUT2D eigenvalue weighted by atomic mass is 9.38. The number of aliphatic hydroxyl groups is 1. The maximum absolute atomic E-state index is 15.3. The number of aliphatic hydroxyl groups excluding tert-OH is 1. The third-order valence-electron chi connectivity index (χ3n) is 11.0. The molecule has 1 saturated heterocycles. The highest BCUT2D eigenvalue weighted by Gasteiger charge is 2.74. The molecule has 1 spiro atoms. The summed E-state index contributed by atoms with van der Waals surface area (Å²) in [4.78, 5) is 29.8. The number of phenols is 2. The normalized spacial score (nSPS) is 31.6. The van der Waals surface area contributed by atoms with Crippen LogP contribution in [0.4, 0.5) is 0 Å². The minimum atomic E-state index is -1.34. The number of hydrogen-bond acceptors (Lipinski definition) is 6. The molecule has 45 heavy (non-hydrogen) atoms. The van der Waals surface area contributed by atoms with Gasteiger partial charge in [-0.15, -0.1) is 6.42 Å². The van der Waals surface area contributed by atoms with E-state index >= 15 is 4.79 Å². The number of phenolic OH excluding ortho intramolecular Hbond substituents is 2. The fraction of sp³-hybridized carbons (Fsp3) is 0.538. The Morgan fingerprint density at radius 2 is 1.49 bits per heavy atom. The van der Waals surface area contributed by atoms with Crippen molar-refractivity contribution in [1.82, 2.24) is 0 Å². The average Bonchev–Trinajstić information content (AvgIpc) is 2.95. The predicted octanol–water partition coefficient (Wildman–Crippen LogP) is 7.99. The van der Waals surface area contributed by atoms with E-state index in [0.717, 1.165) is 11.1 Å². The maximum Gasteiger partial charge on any atom is 0.200 e. The van der Waals surface area contributed by atoms with Crippen LogP contribution in [0.25, 0.3) is 0 Å². The molecule has 6 heteroatoms. The molecule has 3 N–H and O–H groups in total. The number of carbonyl (C=O) groups is 2. The van der Waals surface area contributed by atoms with Crippen LogP contribution in [0.5, 0.6) is 11.5 Å². The smallest absolute Gasteiger partial charge is 0.200 e. The fourth-order valence-electron chi connectivity index (χ4n) is 8.01. The quantitative estimate of drug-likeness (QED) is 0.0901. The van der Waals surface area contributed by atoms with Crippen molar-refractivity contribution in [3.05, 3.63) is 70.0 Å². The maximum atomic E-state index is 15.3. The highest BCUT2D eigenvalue weighted by Crippen LogP contribution is 2.71. The van der Waals surface area contributed by atoms with Gasteiger partial charge in [0.2, 0.25) is 0 Å². The largest absolute Gasteiger partial charge is 0.504 e. The molecule has 4 rings (SSSR count). The SMILES string of the molecule is C#C[C@]1(C)OC2=C(C(=O)c3ccc(O)c(O)c3)C(=O)[C@@]3(CC=C(C)C)C(O)[C@@]2(C[C@@H](CC=C(C)C)C3(C)C)C[C@@H]1CC=C(C)C. The summed E-state index contributed by atoms with van der Waals surface area (Å²) in [6, 6.07) is 3.78. The Labute approximate surface area is 269 Å². The molecular formula is C39H50O6. The van der Waals surface area contributed by atoms with Crippen molar-refractivity contribution in [3.8, 4) is 23.8 Å². The highest BCUT2D eigenvalue weighted by atomic mass is 16.5. The Morgan fingerprint density at radius 3 is 2.02 bits per heavy atom. The molecule has 1 aliphatic heterocycles. The summed E-state index contributed by atoms with van der Waals surface area (Å²) in [7, 11) is 0. The minimum Gasteiger partial charge on any atom is -0.504 e. The van der Waals surface area contributed by atoms with E-state index < -0.39 is 45.3 Å². The molecule has 1 aromatic rings. The van der Waals surface area contributed by atoms with Gasteiger partial charge in [0.15, 0.2) is 28.7 Å². The van der Waals surface area contributed by atoms with Gasteiger partial charge in [-0.05, 0) is 110 Å². The molecule has 1 saturated carbocycles. The van der Waals surface area contributed by atoms with Crippen LogP contribution in [0.1, 0.15) is 105 Å². The van der Waals surface area contributed by atoms with Gasteiger partial charge in [0.1, 0.15) is 11.3 Å². The minimum absolute atomic E-state index is 0.0161. The molecule has 6 nitrogen and oxygen atoms in total. The van der Waals surface area contributed by atoms with Crippen LogP contribution in [0, 0.1) is 40.4 Å². The third-order valence-corrected chi connectivity index (χ3v) is 11.0. The van der Waals surface area contributed by atoms with E-state index in [9.17, 15) is 20.1 Å². The predicted molar refractivity (Wildman–Crippen MR) is 177 cm³/mol. The number of Topliss-reactive ketones (excluding diaryl/α,β-unsaturated/α-hetero) is 2. The van der Waals surface area contributed by atoms with Crippen molar-refractivity contribution in [2.75, 3.05) is 0 Å². The van der Waals surface area contributed by atoms with Gasteiger partial charge >= 0.3 is 0 Å². The lowest BCUT2D eigenvalue weighted by Crippen LogP contribution is -2.71. The number of benzene rings is 1. The van der Waals surface area contributed by atoms with Crippen LogP contribution in [0.2, 0.25) is 0 Å². The second-order valence-electron chi connectivity index (χ2n) is 15.0. The molecule has 1 unspecified atom stereocenters. The second-order valence-corrected chi connectivity index (χ2v) is 15.0. The standard InChI is InChI=1S/C39H50O6/c1-11-37(10)28(16-13-24(4)5)22-38-21-27(15-12-23(2)3)36(8,9)39(35(38)44,19-18-25(6)7)33(43)31(34(38)45-37)32(42)26-14-17-29(40)30(41)20-26/h1,12-14,17-18,20,27-28,35,40-41,44H,15-16,19,21-22H2,2-10H3/t27-,28+,35?,37+,38+,39+/m1/s1. The van der Waals surface area contributed by atoms with Crippen LogP contribution in [0.15, 0.2) is 64.5 Å². The summed E-state index contributed by atoms with van der Waals surface area (Å²) in [5.74, 6) is 0.867. The lowest BCUT2D eigenvalue weighted by Gasteiger charge is -2.67. The third kappa shape index (κ3) is 5.48. The highest BCUT2D eigenvalue weighted by molar-refractivity contribution is 6.29. The van der Waals surface area contributed by atoms with E-state index in [1.165, 1.54) is 23.8 Å². The van der Waals surface area contributed by atoms with E-state index in [1.807, 2.05) is 40.7 Å². The number of terminal acetylenes is 1. The van der Waals surface area contributed by atoms with E-state index in [4.69, 9.17) is 11.2 Å². The van der Waals surface area contributed by atoms with Crippen molar-refractivity contribution < 1.29 is 29.6 Å². The number of ether oxygens (including phenoxy) is 1. The van der Waals surface area contributed by atoms with Gasteiger partial charge in [-0.25, -0.2) is 0 Å². The summed E-state index contributed by atoms with van der Waals surface area (Å²) in [6.07, 6.45) is 13.9. The first kappa shape index (κ1) is 34.3. The second kappa shape index (κ2) is 12.0. The molecule has 0 radical (unpaired) electrons. The zero-order valence-electron chi connectivity index (χ0n) is 28.4. The topological polar surface area (TPSA) is 104 Å². The lowest BCUT2D eigenvalue weighted by molar-refractivity contribution is -0.228. The van der Waals surface area contributed by atoms with Crippen LogP contribution in [-0.4, -0.2) is 38.6 Å². The van der Waals surface area contributed by atoms with Gasteiger partial charge in [-0.1, -0.05) is 54.7 Å². The first-order valence-corrected chi connectivity index (χ1v) is 16.0. The van der Waals surface area contributed by atoms with Crippen LogP contribution in [0.3, 0.4) is 0 Å². The number of rotatable bonds is 8. The van der Waals surface area contributed by atoms with E-state index in [1.54, 1.807) is 0 Å². The number of allylic oxidation sites excluding steroid dienone is 7. The summed E-state index contributed by atoms with van der Waals surface area (Å²) in [5, 5.41) is 33.1. The van der Waals surface area contributed by atoms with Gasteiger partial charge in [-0.2, -0.15) is 0 Å². The molecule has 1 aromatic carbocycles. The number of ketones is 2. The molecule has 1 heterocycles. The van der Waals surface area contributed by atoms with Crippen molar-refractivity contribution in [3.63, 3.8) is 0 Å². The molecule has 0 aromatic heterocycles. The number of fused-ring (bicyclic) bond motifs is 1. The van der Waals surface area contributed by atoms with E-state index in [-0.39, 0.29) is 40.9 Å². The molecule has 0 amide bonds. The van der Waals surface area contributed by atoms with Gasteiger partial charge in [-0.3, -0.25) is 9.59 Å². The Bertz CT molecular complexity index is 1550. The Balaban J connectivity index is 2.12. The number of hydrogen-bond donors (Lipinski definition) is 3. The number of aromatic hydroxyl groups is 2. The molecule has 2 fully saturated rings. The molecule has 3 aliphatic rings. The fourth-order valence-corrected chi connectivity index (χ4v) is 8.01. The van der Waals surface area contributed by atoms with Gasteiger partial charge in [0.25, 0.3) is 0 Å². The Morgan fingerprint density at radius 1 is 0.933 bits per heavy atom. The molecule has 6 atom stereocenters. The van der Waals surface area contributed by atoms with Crippen LogP contribution in [-0.2, 0) is 9.53 Å². The summed E-state index contributed by atoms with van der Waals surface area (Å²) in [6.45, 7) is 18.0. The van der Waals surface area contributed by atoms with Gasteiger partial charge < -0.3 is 20.1 Å². The average molecular weight is 615 g/mol. The molecule has 2 bridgehead atoms. The number of carbonyl (C=O) groups excluding carboxylic acids is 2. The molecular weight excluding hydrogens is 564 g/mol. The molecule has 242 valence electrons. The summed E-state index contributed by atoms with van der Waals surface area (Å²) in [5.41, 5.74) is -1.02. The summed E-state index contributed by atoms with van der Waals surface area (Å²) >= 11 is 0. The van der Waals surface area contributed by atoms with E-state index in [0.29, 0.717) is 25.7 Å². The van der Waals surface area contributed by atoms with Crippen molar-refractivity contribution in [2.24, 2.45) is 28.1 Å². The first-order chi connectivity index (χ1) is 20.9. The van der Waals surface area contributed by atoms with Gasteiger partial charge in [0.05, 0.1) is 16.9 Å².